The molecule has 2 unspecified atom stereocenters. The standard InChI is InChI=1S/C14H16N3O4.ClH/c1-11(12-5-3-4-6-13(12)16(19)20)9-21-14(18)17(2)8-7-15-10-17;/h3-8,10-11H,9H2,1-2H3;1H/q+1;/p-1. The molecule has 1 aliphatic rings. The maximum absolute atomic E-state index is 12.0. The normalized spacial score (nSPS) is 20.3. The van der Waals surface area contributed by atoms with Crippen LogP contribution in [0.5, 0.6) is 0 Å². The van der Waals surface area contributed by atoms with Crippen molar-refractivity contribution in [2.45, 2.75) is 12.8 Å². The van der Waals surface area contributed by atoms with Crippen LogP contribution in [0.25, 0.3) is 0 Å². The van der Waals surface area contributed by atoms with Crippen molar-refractivity contribution in [2.75, 3.05) is 13.7 Å². The monoisotopic (exact) mass is 325 g/mol. The van der Waals surface area contributed by atoms with Gasteiger partial charge in [-0.2, -0.15) is 9.28 Å². The van der Waals surface area contributed by atoms with Gasteiger partial charge in [-0.05, 0) is 0 Å². The lowest BCUT2D eigenvalue weighted by Crippen LogP contribution is -3.00. The number of halogens is 1. The molecule has 0 aliphatic carbocycles. The van der Waals surface area contributed by atoms with Crippen LogP contribution in [-0.4, -0.2) is 35.5 Å². The molecule has 0 spiro atoms. The third-order valence-corrected chi connectivity index (χ3v) is 3.28. The summed E-state index contributed by atoms with van der Waals surface area (Å²) in [6.45, 7) is 1.85. The summed E-state index contributed by atoms with van der Waals surface area (Å²) in [4.78, 5) is 26.4. The SMILES string of the molecule is CC(COC(=O)[N+]1(C)C=CN=C1)c1ccccc1[N+](=O)[O-].[Cl-]. The van der Waals surface area contributed by atoms with Crippen LogP contribution in [0.15, 0.2) is 41.7 Å². The smallest absolute Gasteiger partial charge is 0.526 e. The Labute approximate surface area is 134 Å². The molecule has 0 radical (unpaired) electrons. The number of aliphatic imine (C=N–C) groups is 1. The third kappa shape index (κ3) is 3.69. The molecule has 0 saturated heterocycles. The molecule has 0 aromatic heterocycles. The summed E-state index contributed by atoms with van der Waals surface area (Å²) in [6, 6.07) is 6.45. The summed E-state index contributed by atoms with van der Waals surface area (Å²) in [5, 5.41) is 11.0. The average molecular weight is 326 g/mol. The highest BCUT2D eigenvalue weighted by Crippen LogP contribution is 2.26. The maximum Gasteiger partial charge on any atom is 0.526 e. The van der Waals surface area contributed by atoms with E-state index in [2.05, 4.69) is 4.99 Å². The van der Waals surface area contributed by atoms with Crippen molar-refractivity contribution in [2.24, 2.45) is 4.99 Å². The van der Waals surface area contributed by atoms with Gasteiger partial charge < -0.3 is 17.1 Å². The maximum atomic E-state index is 12.0. The summed E-state index contributed by atoms with van der Waals surface area (Å²) in [5.74, 6) is -0.273. The zero-order chi connectivity index (χ0) is 15.5. The molecule has 0 N–H and O–H groups in total. The van der Waals surface area contributed by atoms with Gasteiger partial charge in [0, 0.05) is 17.5 Å². The van der Waals surface area contributed by atoms with Crippen LogP contribution in [-0.2, 0) is 4.74 Å². The molecule has 2 atom stereocenters. The fourth-order valence-corrected chi connectivity index (χ4v) is 2.00. The van der Waals surface area contributed by atoms with E-state index in [-0.39, 0.29) is 35.1 Å². The minimum Gasteiger partial charge on any atom is -1.00 e. The lowest BCUT2D eigenvalue weighted by Gasteiger charge is -2.19. The van der Waals surface area contributed by atoms with Crippen LogP contribution in [0.2, 0.25) is 0 Å². The number of hydrogen-bond acceptors (Lipinski definition) is 5. The molecule has 1 heterocycles. The highest BCUT2D eigenvalue weighted by atomic mass is 35.5. The van der Waals surface area contributed by atoms with Gasteiger partial charge in [0.05, 0.1) is 18.2 Å². The lowest BCUT2D eigenvalue weighted by molar-refractivity contribution is -0.676. The number of amides is 1. The molecule has 1 aromatic carbocycles. The number of nitrogens with zero attached hydrogens (tertiary/aromatic N) is 3. The first-order chi connectivity index (χ1) is 9.94. The number of hydrogen-bond donors (Lipinski definition) is 0. The average Bonchev–Trinajstić information content (AvgIpc) is 2.92. The molecule has 22 heavy (non-hydrogen) atoms. The van der Waals surface area contributed by atoms with Crippen LogP contribution >= 0.6 is 0 Å². The minimum atomic E-state index is -0.474. The second-order valence-corrected chi connectivity index (χ2v) is 5.00. The van der Waals surface area contributed by atoms with E-state index in [4.69, 9.17) is 4.74 Å². The highest BCUT2D eigenvalue weighted by molar-refractivity contribution is 5.73. The molecule has 2 rings (SSSR count). The molecule has 1 aromatic rings. The van der Waals surface area contributed by atoms with Crippen molar-refractivity contribution >= 4 is 18.1 Å². The number of rotatable bonds is 4. The van der Waals surface area contributed by atoms with Gasteiger partial charge in [-0.1, -0.05) is 25.1 Å². The number of quaternary nitrogens is 1. The zero-order valence-electron chi connectivity index (χ0n) is 12.2. The van der Waals surface area contributed by atoms with E-state index >= 15 is 0 Å². The predicted molar refractivity (Wildman–Crippen MR) is 76.7 cm³/mol. The van der Waals surface area contributed by atoms with E-state index in [1.807, 2.05) is 0 Å². The number of nitro groups is 1. The Balaban J connectivity index is 0.00000242. The molecule has 0 saturated carbocycles. The topological polar surface area (TPSA) is 81.8 Å². The summed E-state index contributed by atoms with van der Waals surface area (Å²) in [5.41, 5.74) is 0.577. The molecule has 7 nitrogen and oxygen atoms in total. The van der Waals surface area contributed by atoms with Crippen molar-refractivity contribution in [3.8, 4) is 0 Å². The molecule has 0 fully saturated rings. The first-order valence-electron chi connectivity index (χ1n) is 6.42. The Morgan fingerprint density at radius 1 is 1.45 bits per heavy atom. The number of ether oxygens (including phenoxy) is 1. The van der Waals surface area contributed by atoms with Crippen molar-refractivity contribution < 1.29 is 31.3 Å². The summed E-state index contributed by atoms with van der Waals surface area (Å²) in [7, 11) is 1.64. The van der Waals surface area contributed by atoms with Crippen LogP contribution in [0.4, 0.5) is 10.5 Å². The Morgan fingerprint density at radius 3 is 2.73 bits per heavy atom. The Bertz CT molecular complexity index is 618. The fraction of sp³-hybridized carbons (Fsp3) is 0.286. The second-order valence-electron chi connectivity index (χ2n) is 5.00. The fourth-order valence-electron chi connectivity index (χ4n) is 2.00. The summed E-state index contributed by atoms with van der Waals surface area (Å²) < 4.78 is 5.08. The molecule has 8 heteroatoms. The number of carbonyl (C=O) groups is 1. The van der Waals surface area contributed by atoms with Gasteiger partial charge >= 0.3 is 6.09 Å². The van der Waals surface area contributed by atoms with Gasteiger partial charge in [0.25, 0.3) is 5.69 Å². The number of nitro benzene ring substituents is 1. The van der Waals surface area contributed by atoms with Crippen molar-refractivity contribution in [3.63, 3.8) is 0 Å². The van der Waals surface area contributed by atoms with Gasteiger partial charge in [-0.25, -0.2) is 4.99 Å². The van der Waals surface area contributed by atoms with Gasteiger partial charge in [0.1, 0.15) is 12.8 Å². The predicted octanol–water partition coefficient (Wildman–Crippen LogP) is -0.201. The first-order valence-corrected chi connectivity index (χ1v) is 6.42. The van der Waals surface area contributed by atoms with Crippen molar-refractivity contribution in [1.82, 2.24) is 0 Å². The number of carbonyl (C=O) groups excluding carboxylic acids is 1. The van der Waals surface area contributed by atoms with Crippen LogP contribution in [0.3, 0.4) is 0 Å². The highest BCUT2D eigenvalue weighted by Gasteiger charge is 2.33. The third-order valence-electron chi connectivity index (χ3n) is 3.28. The van der Waals surface area contributed by atoms with Crippen molar-refractivity contribution in [1.29, 1.82) is 0 Å². The molecule has 1 amide bonds. The summed E-state index contributed by atoms with van der Waals surface area (Å²) >= 11 is 0. The van der Waals surface area contributed by atoms with Gasteiger partial charge in [0.15, 0.2) is 0 Å². The van der Waals surface area contributed by atoms with E-state index in [0.29, 0.717) is 5.56 Å². The van der Waals surface area contributed by atoms with E-state index in [0.717, 1.165) is 0 Å². The number of benzene rings is 1. The van der Waals surface area contributed by atoms with Gasteiger partial charge in [-0.15, -0.1) is 0 Å². The largest absolute Gasteiger partial charge is 1.00 e. The van der Waals surface area contributed by atoms with E-state index < -0.39 is 11.0 Å². The Kier molecular flexibility index (Phi) is 5.78. The first kappa shape index (κ1) is 17.8. The second kappa shape index (κ2) is 7.15. The van der Waals surface area contributed by atoms with Gasteiger partial charge in [-0.3, -0.25) is 10.1 Å². The van der Waals surface area contributed by atoms with Crippen LogP contribution in [0.1, 0.15) is 18.4 Å². The molecule has 0 bridgehead atoms. The van der Waals surface area contributed by atoms with Gasteiger partial charge in [0.2, 0.25) is 6.34 Å². The molecular formula is C14H16ClN3O4. The van der Waals surface area contributed by atoms with E-state index in [1.165, 1.54) is 18.6 Å². The Morgan fingerprint density at radius 2 is 2.14 bits per heavy atom. The van der Waals surface area contributed by atoms with Crippen molar-refractivity contribution in [3.05, 3.63) is 52.3 Å². The van der Waals surface area contributed by atoms with Crippen LogP contribution < -0.4 is 12.4 Å². The quantitative estimate of drug-likeness (QED) is 0.436. The summed E-state index contributed by atoms with van der Waals surface area (Å²) in [6.07, 6.45) is 4.10. The molecule has 118 valence electrons. The Hall–Kier alpha value is -2.25. The van der Waals surface area contributed by atoms with Crippen LogP contribution in [0, 0.1) is 10.1 Å². The minimum absolute atomic E-state index is 0. The lowest BCUT2D eigenvalue weighted by atomic mass is 10.0. The molecule has 1 aliphatic heterocycles. The number of para-hydroxylation sites is 1. The zero-order valence-corrected chi connectivity index (χ0v) is 12.9. The molecular weight excluding hydrogens is 310 g/mol. The van der Waals surface area contributed by atoms with E-state index in [1.54, 1.807) is 38.4 Å². The van der Waals surface area contributed by atoms with E-state index in [9.17, 15) is 14.9 Å².